The lowest BCUT2D eigenvalue weighted by atomic mass is 10.2. The summed E-state index contributed by atoms with van der Waals surface area (Å²) in [5.74, 6) is 0.531. The molecule has 0 bridgehead atoms. The Balaban J connectivity index is 1.75. The number of ether oxygens (including phenoxy) is 1. The van der Waals surface area contributed by atoms with E-state index in [1.165, 1.54) is 0 Å². The number of fused-ring (bicyclic) bond motifs is 1. The maximum atomic E-state index is 12.3. The van der Waals surface area contributed by atoms with Gasteiger partial charge in [0.25, 0.3) is 5.56 Å². The third-order valence-electron chi connectivity index (χ3n) is 4.06. The summed E-state index contributed by atoms with van der Waals surface area (Å²) in [6.07, 6.45) is 1.55. The summed E-state index contributed by atoms with van der Waals surface area (Å²) in [7, 11) is 1.86. The molecule has 25 heavy (non-hydrogen) atoms. The van der Waals surface area contributed by atoms with Crippen molar-refractivity contribution < 1.29 is 14.1 Å². The molecule has 134 valence electrons. The Hall–Kier alpha value is -2.64. The highest BCUT2D eigenvalue weighted by molar-refractivity contribution is 5.71. The number of aromatic amines is 1. The van der Waals surface area contributed by atoms with Crippen molar-refractivity contribution >= 4 is 23.1 Å². The largest absolute Gasteiger partial charge is 0.444 e. The predicted octanol–water partition coefficient (Wildman–Crippen LogP) is 0.805. The van der Waals surface area contributed by atoms with E-state index in [1.807, 2.05) is 49.5 Å². The van der Waals surface area contributed by atoms with Crippen molar-refractivity contribution in [1.29, 1.82) is 0 Å². The van der Waals surface area contributed by atoms with Gasteiger partial charge in [-0.05, 0) is 37.9 Å². The van der Waals surface area contributed by atoms with Crippen molar-refractivity contribution in [3.8, 4) is 0 Å². The lowest BCUT2D eigenvalue weighted by Gasteiger charge is -2.34. The summed E-state index contributed by atoms with van der Waals surface area (Å²) in [6, 6.07) is 3.57. The molecule has 1 N–H and O–H groups in total. The molecule has 1 aliphatic rings. The summed E-state index contributed by atoms with van der Waals surface area (Å²) in [5, 5.41) is 0.557. The number of piperazine rings is 1. The fourth-order valence-electron chi connectivity index (χ4n) is 2.79. The quantitative estimate of drug-likeness (QED) is 0.773. The number of nitrogens with zero attached hydrogens (tertiary/aromatic N) is 4. The molecule has 8 nitrogen and oxygen atoms in total. The van der Waals surface area contributed by atoms with Crippen molar-refractivity contribution in [1.82, 2.24) is 14.9 Å². The van der Waals surface area contributed by atoms with Crippen LogP contribution in [0.3, 0.4) is 0 Å². The summed E-state index contributed by atoms with van der Waals surface area (Å²) < 4.78 is 7.23. The Labute approximate surface area is 146 Å². The van der Waals surface area contributed by atoms with Crippen LogP contribution in [-0.2, 0) is 11.8 Å². The molecule has 2 aromatic rings. The fraction of sp³-hybridized carbons (Fsp3) is 0.529. The highest BCUT2D eigenvalue weighted by Gasteiger charge is 2.28. The number of aryl methyl sites for hydroxylation is 1. The topological polar surface area (TPSA) is 82.4 Å². The van der Waals surface area contributed by atoms with E-state index in [0.717, 1.165) is 0 Å². The molecule has 1 aliphatic heterocycles. The minimum atomic E-state index is -0.506. The molecular formula is C17H24N5O3+. The number of amides is 1. The van der Waals surface area contributed by atoms with Crippen molar-refractivity contribution in [2.45, 2.75) is 26.4 Å². The molecule has 0 spiro atoms. The number of carbonyl (C=O) groups excluding carboxylic acids is 1. The number of rotatable bonds is 1. The Morgan fingerprint density at radius 2 is 1.96 bits per heavy atom. The third kappa shape index (κ3) is 3.72. The van der Waals surface area contributed by atoms with E-state index in [2.05, 4.69) is 9.97 Å². The van der Waals surface area contributed by atoms with Gasteiger partial charge in [-0.15, -0.1) is 0 Å². The van der Waals surface area contributed by atoms with E-state index < -0.39 is 5.60 Å². The van der Waals surface area contributed by atoms with E-state index in [4.69, 9.17) is 4.74 Å². The van der Waals surface area contributed by atoms with Gasteiger partial charge in [-0.2, -0.15) is 0 Å². The molecule has 2 aromatic heterocycles. The maximum Gasteiger partial charge on any atom is 0.410 e. The van der Waals surface area contributed by atoms with Gasteiger partial charge >= 0.3 is 17.7 Å². The minimum Gasteiger partial charge on any atom is -0.444 e. The number of aromatic nitrogens is 3. The molecule has 0 aromatic carbocycles. The van der Waals surface area contributed by atoms with Crippen LogP contribution in [0, 0.1) is 0 Å². The van der Waals surface area contributed by atoms with Gasteiger partial charge < -0.3 is 14.5 Å². The second-order valence-electron chi connectivity index (χ2n) is 7.20. The van der Waals surface area contributed by atoms with E-state index in [9.17, 15) is 9.59 Å². The number of hydrogen-bond donors (Lipinski definition) is 1. The number of H-pyrrole nitrogens is 1. The van der Waals surface area contributed by atoms with Gasteiger partial charge in [-0.3, -0.25) is 9.78 Å². The standard InChI is InChI=1S/C17H23N5O3/c1-17(2,3)25-16(24)22-10-8-21(9-11-22)15-18-13-12(14(23)19-15)6-5-7-20(13)4/h5-7H,8-11H2,1-4H3/p+1. The zero-order valence-electron chi connectivity index (χ0n) is 15.1. The molecule has 0 unspecified atom stereocenters. The van der Waals surface area contributed by atoms with Crippen molar-refractivity contribution in [2.24, 2.45) is 7.05 Å². The highest BCUT2D eigenvalue weighted by atomic mass is 16.6. The SMILES string of the molecule is C[n+]1cccc2c(=O)[nH]c(N3CCN(C(=O)OC(C)(C)C)CC3)nc21. The van der Waals surface area contributed by atoms with Crippen LogP contribution in [0.5, 0.6) is 0 Å². The Morgan fingerprint density at radius 3 is 2.60 bits per heavy atom. The van der Waals surface area contributed by atoms with Crippen molar-refractivity contribution in [3.63, 3.8) is 0 Å². The summed E-state index contributed by atoms with van der Waals surface area (Å²) >= 11 is 0. The smallest absolute Gasteiger partial charge is 0.410 e. The van der Waals surface area contributed by atoms with E-state index in [1.54, 1.807) is 11.0 Å². The van der Waals surface area contributed by atoms with Crippen molar-refractivity contribution in [3.05, 3.63) is 28.7 Å². The monoisotopic (exact) mass is 346 g/mol. The number of anilines is 1. The Kier molecular flexibility index (Phi) is 4.36. The molecule has 1 saturated heterocycles. The molecule has 0 radical (unpaired) electrons. The second-order valence-corrected chi connectivity index (χ2v) is 7.20. The molecule has 0 saturated carbocycles. The fourth-order valence-corrected chi connectivity index (χ4v) is 2.79. The number of carbonyl (C=O) groups is 1. The maximum absolute atomic E-state index is 12.3. The van der Waals surface area contributed by atoms with Gasteiger partial charge in [0, 0.05) is 26.2 Å². The lowest BCUT2D eigenvalue weighted by molar-refractivity contribution is -0.646. The van der Waals surface area contributed by atoms with Crippen LogP contribution in [0.4, 0.5) is 10.7 Å². The van der Waals surface area contributed by atoms with Gasteiger partial charge in [0.1, 0.15) is 11.0 Å². The van der Waals surface area contributed by atoms with Crippen LogP contribution in [0.15, 0.2) is 23.1 Å². The molecule has 8 heteroatoms. The lowest BCUT2D eigenvalue weighted by Crippen LogP contribution is -2.50. The molecule has 1 amide bonds. The minimum absolute atomic E-state index is 0.161. The summed E-state index contributed by atoms with van der Waals surface area (Å²) in [4.78, 5) is 35.5. The molecule has 1 fully saturated rings. The second kappa shape index (κ2) is 6.34. The number of hydrogen-bond acceptors (Lipinski definition) is 5. The molecule has 3 rings (SSSR count). The van der Waals surface area contributed by atoms with Crippen LogP contribution in [0.1, 0.15) is 20.8 Å². The van der Waals surface area contributed by atoms with E-state index >= 15 is 0 Å². The van der Waals surface area contributed by atoms with E-state index in [0.29, 0.717) is 43.2 Å². The van der Waals surface area contributed by atoms with Crippen LogP contribution < -0.4 is 15.0 Å². The zero-order valence-corrected chi connectivity index (χ0v) is 15.1. The highest BCUT2D eigenvalue weighted by Crippen LogP contribution is 2.15. The normalized spacial score (nSPS) is 15.5. The molecule has 0 atom stereocenters. The van der Waals surface area contributed by atoms with Gasteiger partial charge in [-0.1, -0.05) is 0 Å². The first-order chi connectivity index (χ1) is 11.7. The first-order valence-electron chi connectivity index (χ1n) is 8.36. The van der Waals surface area contributed by atoms with E-state index in [-0.39, 0.29) is 11.7 Å². The van der Waals surface area contributed by atoms with Gasteiger partial charge in [0.05, 0.1) is 13.2 Å². The first-order valence-corrected chi connectivity index (χ1v) is 8.36. The number of pyridine rings is 1. The Morgan fingerprint density at radius 1 is 1.28 bits per heavy atom. The average Bonchev–Trinajstić information content (AvgIpc) is 2.54. The summed E-state index contributed by atoms with van der Waals surface area (Å²) in [5.41, 5.74) is -0.0321. The Bertz CT molecular complexity index is 847. The number of nitrogens with one attached hydrogen (secondary N) is 1. The average molecular weight is 346 g/mol. The summed E-state index contributed by atoms with van der Waals surface area (Å²) in [6.45, 7) is 7.78. The van der Waals surface area contributed by atoms with Crippen molar-refractivity contribution in [2.75, 3.05) is 31.1 Å². The van der Waals surface area contributed by atoms with Crippen LogP contribution in [0.25, 0.3) is 11.0 Å². The molecule has 0 aliphatic carbocycles. The van der Waals surface area contributed by atoms with Crippen LogP contribution in [0.2, 0.25) is 0 Å². The first kappa shape index (κ1) is 17.2. The predicted molar refractivity (Wildman–Crippen MR) is 93.6 cm³/mol. The molecular weight excluding hydrogens is 322 g/mol. The van der Waals surface area contributed by atoms with Crippen LogP contribution in [-0.4, -0.2) is 52.7 Å². The van der Waals surface area contributed by atoms with Gasteiger partial charge in [0.15, 0.2) is 0 Å². The van der Waals surface area contributed by atoms with Gasteiger partial charge in [-0.25, -0.2) is 9.36 Å². The third-order valence-corrected chi connectivity index (χ3v) is 4.06. The van der Waals surface area contributed by atoms with Crippen LogP contribution >= 0.6 is 0 Å². The molecule has 3 heterocycles. The van der Waals surface area contributed by atoms with Gasteiger partial charge in [0.2, 0.25) is 0 Å². The zero-order chi connectivity index (χ0) is 18.2.